The van der Waals surface area contributed by atoms with Gasteiger partial charge in [0.15, 0.2) is 0 Å². The lowest BCUT2D eigenvalue weighted by atomic mass is 9.96. The molecule has 2 aromatic heterocycles. The highest BCUT2D eigenvalue weighted by Crippen LogP contribution is 2.35. The molecule has 0 aromatic carbocycles. The molecule has 24 heavy (non-hydrogen) atoms. The summed E-state index contributed by atoms with van der Waals surface area (Å²) in [5.41, 5.74) is 0.922. The summed E-state index contributed by atoms with van der Waals surface area (Å²) in [7, 11) is 1.89. The van der Waals surface area contributed by atoms with Crippen molar-refractivity contribution in [2.75, 3.05) is 11.4 Å². The zero-order chi connectivity index (χ0) is 16.7. The van der Waals surface area contributed by atoms with Crippen molar-refractivity contribution >= 4 is 11.6 Å². The summed E-state index contributed by atoms with van der Waals surface area (Å²) in [5, 5.41) is 4.23. The molecule has 6 heteroatoms. The molecule has 128 valence electrons. The highest BCUT2D eigenvalue weighted by Gasteiger charge is 2.44. The number of carbonyl (C=O) groups is 1. The number of furan rings is 1. The minimum atomic E-state index is 0.220. The lowest BCUT2D eigenvalue weighted by molar-refractivity contribution is -0.120. The maximum atomic E-state index is 12.5. The average Bonchev–Trinajstić information content (AvgIpc) is 3.28. The van der Waals surface area contributed by atoms with Crippen molar-refractivity contribution in [2.24, 2.45) is 7.05 Å². The number of aryl methyl sites for hydroxylation is 2. The van der Waals surface area contributed by atoms with E-state index in [1.807, 2.05) is 18.1 Å². The number of rotatable bonds is 4. The number of fused-ring (bicyclic) bond motifs is 1. The number of likely N-dealkylation sites (tertiary alicyclic amines) is 1. The second kappa shape index (κ2) is 6.09. The molecule has 0 saturated carbocycles. The van der Waals surface area contributed by atoms with E-state index in [9.17, 15) is 4.79 Å². The van der Waals surface area contributed by atoms with Gasteiger partial charge in [0.1, 0.15) is 11.5 Å². The predicted molar refractivity (Wildman–Crippen MR) is 90.6 cm³/mol. The maximum Gasteiger partial charge on any atom is 0.227 e. The molecule has 2 aromatic rings. The minimum Gasteiger partial charge on any atom is -0.465 e. The molecule has 0 aliphatic carbocycles. The number of carbonyl (C=O) groups excluding carboxylic acids is 1. The Morgan fingerprint density at radius 1 is 1.25 bits per heavy atom. The van der Waals surface area contributed by atoms with Gasteiger partial charge in [-0.05, 0) is 25.0 Å². The van der Waals surface area contributed by atoms with Gasteiger partial charge in [0.2, 0.25) is 5.91 Å². The average molecular weight is 328 g/mol. The molecule has 4 heterocycles. The number of anilines is 1. The second-order valence-electron chi connectivity index (χ2n) is 6.79. The molecule has 0 radical (unpaired) electrons. The van der Waals surface area contributed by atoms with Crippen LogP contribution in [0.4, 0.5) is 5.69 Å². The van der Waals surface area contributed by atoms with E-state index in [1.165, 1.54) is 0 Å². The molecule has 0 bridgehead atoms. The molecule has 0 N–H and O–H groups in total. The Bertz CT molecular complexity index is 735. The molecular formula is C18H24N4O2. The van der Waals surface area contributed by atoms with Crippen molar-refractivity contribution in [1.29, 1.82) is 0 Å². The fourth-order valence-corrected chi connectivity index (χ4v) is 4.11. The van der Waals surface area contributed by atoms with Gasteiger partial charge in [0, 0.05) is 38.7 Å². The fraction of sp³-hybridized carbons (Fsp3) is 0.556. The van der Waals surface area contributed by atoms with Gasteiger partial charge >= 0.3 is 0 Å². The smallest absolute Gasteiger partial charge is 0.227 e. The minimum absolute atomic E-state index is 0.220. The Balaban J connectivity index is 1.53. The Labute approximate surface area is 142 Å². The van der Waals surface area contributed by atoms with Crippen LogP contribution in [0.15, 0.2) is 28.9 Å². The van der Waals surface area contributed by atoms with Gasteiger partial charge in [-0.1, -0.05) is 6.92 Å². The van der Waals surface area contributed by atoms with Gasteiger partial charge in [-0.2, -0.15) is 5.10 Å². The van der Waals surface area contributed by atoms with Gasteiger partial charge < -0.3 is 9.32 Å². The van der Waals surface area contributed by atoms with Crippen molar-refractivity contribution < 1.29 is 9.21 Å². The van der Waals surface area contributed by atoms with Gasteiger partial charge in [-0.25, -0.2) is 0 Å². The van der Waals surface area contributed by atoms with Gasteiger partial charge in [-0.3, -0.25) is 14.4 Å². The van der Waals surface area contributed by atoms with E-state index in [-0.39, 0.29) is 11.9 Å². The fourth-order valence-electron chi connectivity index (χ4n) is 4.11. The number of nitrogens with zero attached hydrogens (tertiary/aromatic N) is 4. The van der Waals surface area contributed by atoms with Crippen LogP contribution < -0.4 is 4.90 Å². The molecule has 1 amide bonds. The summed E-state index contributed by atoms with van der Waals surface area (Å²) in [6.45, 7) is 3.94. The first-order chi connectivity index (χ1) is 11.7. The lowest BCUT2D eigenvalue weighted by Gasteiger charge is -2.39. The van der Waals surface area contributed by atoms with Gasteiger partial charge in [0.25, 0.3) is 0 Å². The van der Waals surface area contributed by atoms with Crippen molar-refractivity contribution in [2.45, 2.75) is 51.2 Å². The Kier molecular flexibility index (Phi) is 3.92. The number of piperidine rings is 1. The molecule has 2 atom stereocenters. The van der Waals surface area contributed by atoms with Gasteiger partial charge in [-0.15, -0.1) is 0 Å². The molecule has 0 unspecified atom stereocenters. The van der Waals surface area contributed by atoms with E-state index < -0.39 is 0 Å². The van der Waals surface area contributed by atoms with Crippen LogP contribution in [-0.2, 0) is 24.8 Å². The van der Waals surface area contributed by atoms with Crippen molar-refractivity contribution in [3.63, 3.8) is 0 Å². The quantitative estimate of drug-likeness (QED) is 0.864. The molecule has 0 spiro atoms. The highest BCUT2D eigenvalue weighted by molar-refractivity contribution is 5.94. The monoisotopic (exact) mass is 328 g/mol. The second-order valence-corrected chi connectivity index (χ2v) is 6.79. The van der Waals surface area contributed by atoms with Gasteiger partial charge in [0.05, 0.1) is 24.5 Å². The standard InChI is InChI=1S/C18H24N4O2/c1-3-14-4-5-15(24-14)12-21-9-8-17-16(21)6-7-18(23)22(17)13-10-19-20(2)11-13/h4-5,10-11,16-17H,3,6-9,12H2,1-2H3/t16-,17-/m1/s1. The molecule has 2 aliphatic rings. The van der Waals surface area contributed by atoms with Crippen LogP contribution in [0.1, 0.15) is 37.7 Å². The molecule has 2 fully saturated rings. The van der Waals surface area contributed by atoms with Crippen LogP contribution in [0.25, 0.3) is 0 Å². The van der Waals surface area contributed by atoms with Crippen molar-refractivity contribution in [1.82, 2.24) is 14.7 Å². The topological polar surface area (TPSA) is 54.5 Å². The molecule has 2 saturated heterocycles. The van der Waals surface area contributed by atoms with E-state index in [0.717, 1.165) is 49.6 Å². The first-order valence-electron chi connectivity index (χ1n) is 8.78. The third-order valence-corrected chi connectivity index (χ3v) is 5.27. The van der Waals surface area contributed by atoms with Crippen LogP contribution in [0.3, 0.4) is 0 Å². The largest absolute Gasteiger partial charge is 0.465 e. The van der Waals surface area contributed by atoms with Crippen LogP contribution in [0.5, 0.6) is 0 Å². The number of aromatic nitrogens is 2. The lowest BCUT2D eigenvalue weighted by Crippen LogP contribution is -2.52. The zero-order valence-corrected chi connectivity index (χ0v) is 14.3. The zero-order valence-electron chi connectivity index (χ0n) is 14.3. The van der Waals surface area contributed by atoms with Crippen molar-refractivity contribution in [3.8, 4) is 0 Å². The van der Waals surface area contributed by atoms with E-state index in [1.54, 1.807) is 10.9 Å². The SMILES string of the molecule is CCc1ccc(CN2CC[C@@H]3[C@H]2CCC(=O)N3c2cnn(C)c2)o1. The van der Waals surface area contributed by atoms with Crippen LogP contribution in [-0.4, -0.2) is 39.2 Å². The molecule has 6 nitrogen and oxygen atoms in total. The Morgan fingerprint density at radius 2 is 2.08 bits per heavy atom. The summed E-state index contributed by atoms with van der Waals surface area (Å²) < 4.78 is 7.63. The molecule has 4 rings (SSSR count). The number of hydrogen-bond acceptors (Lipinski definition) is 4. The maximum absolute atomic E-state index is 12.5. The summed E-state index contributed by atoms with van der Waals surface area (Å²) >= 11 is 0. The van der Waals surface area contributed by atoms with E-state index in [0.29, 0.717) is 12.5 Å². The first-order valence-corrected chi connectivity index (χ1v) is 8.78. The van der Waals surface area contributed by atoms with E-state index in [2.05, 4.69) is 29.1 Å². The Hall–Kier alpha value is -2.08. The highest BCUT2D eigenvalue weighted by atomic mass is 16.3. The summed E-state index contributed by atoms with van der Waals surface area (Å²) in [4.78, 5) is 16.9. The van der Waals surface area contributed by atoms with Crippen LogP contribution >= 0.6 is 0 Å². The summed E-state index contributed by atoms with van der Waals surface area (Å²) in [6.07, 6.45) is 7.19. The van der Waals surface area contributed by atoms with Crippen molar-refractivity contribution in [3.05, 3.63) is 36.0 Å². The Morgan fingerprint density at radius 3 is 2.79 bits per heavy atom. The summed E-state index contributed by atoms with van der Waals surface area (Å²) in [5.74, 6) is 2.28. The van der Waals surface area contributed by atoms with E-state index in [4.69, 9.17) is 4.42 Å². The van der Waals surface area contributed by atoms with E-state index >= 15 is 0 Å². The number of amides is 1. The van der Waals surface area contributed by atoms with Crippen LogP contribution in [0.2, 0.25) is 0 Å². The third kappa shape index (κ3) is 2.65. The third-order valence-electron chi connectivity index (χ3n) is 5.27. The predicted octanol–water partition coefficient (Wildman–Crippen LogP) is 2.35. The normalized spacial score (nSPS) is 24.6. The molecular weight excluding hydrogens is 304 g/mol. The number of hydrogen-bond donors (Lipinski definition) is 0. The summed E-state index contributed by atoms with van der Waals surface area (Å²) in [6, 6.07) is 4.79. The van der Waals surface area contributed by atoms with Crippen LogP contribution in [0, 0.1) is 0 Å². The first kappa shape index (κ1) is 15.4. The molecule has 2 aliphatic heterocycles.